The van der Waals surface area contributed by atoms with Crippen LogP contribution in [0.25, 0.3) is 0 Å². The molecule has 0 fully saturated rings. The second-order valence-electron chi connectivity index (χ2n) is 4.85. The number of hydrogen-bond donors (Lipinski definition) is 1. The van der Waals surface area contributed by atoms with Gasteiger partial charge in [0.15, 0.2) is 0 Å². The van der Waals surface area contributed by atoms with E-state index in [-0.39, 0.29) is 0 Å². The standard InChI is InChI=1S/C16H21N3O/c1-11-15(8-9-17)12(2)19-16(18-11)10-13-4-6-14(20-3)7-5-13/h4-7H,8-10,17H2,1-3H3. The quantitative estimate of drug-likeness (QED) is 0.905. The molecule has 0 atom stereocenters. The van der Waals surface area contributed by atoms with Crippen LogP contribution in [0.4, 0.5) is 0 Å². The van der Waals surface area contributed by atoms with Crippen LogP contribution in [-0.2, 0) is 12.8 Å². The predicted molar refractivity (Wildman–Crippen MR) is 80.1 cm³/mol. The maximum absolute atomic E-state index is 5.62. The second-order valence-corrected chi connectivity index (χ2v) is 4.85. The van der Waals surface area contributed by atoms with Crippen molar-refractivity contribution in [3.63, 3.8) is 0 Å². The molecule has 0 spiro atoms. The Labute approximate surface area is 120 Å². The van der Waals surface area contributed by atoms with Crippen molar-refractivity contribution in [1.82, 2.24) is 9.97 Å². The van der Waals surface area contributed by atoms with Gasteiger partial charge in [-0.25, -0.2) is 9.97 Å². The van der Waals surface area contributed by atoms with Gasteiger partial charge in [0.05, 0.1) is 7.11 Å². The highest BCUT2D eigenvalue weighted by molar-refractivity contribution is 5.30. The molecule has 1 heterocycles. The minimum atomic E-state index is 0.628. The van der Waals surface area contributed by atoms with Crippen LogP contribution in [0.15, 0.2) is 24.3 Å². The van der Waals surface area contributed by atoms with E-state index in [1.54, 1.807) is 7.11 Å². The monoisotopic (exact) mass is 271 g/mol. The molecule has 0 radical (unpaired) electrons. The number of aromatic nitrogens is 2. The smallest absolute Gasteiger partial charge is 0.133 e. The number of nitrogens with two attached hydrogens (primary N) is 1. The summed E-state index contributed by atoms with van der Waals surface area (Å²) in [6.45, 7) is 4.68. The van der Waals surface area contributed by atoms with Crippen LogP contribution in [0.2, 0.25) is 0 Å². The summed E-state index contributed by atoms with van der Waals surface area (Å²) in [4.78, 5) is 9.19. The topological polar surface area (TPSA) is 61.0 Å². The third kappa shape index (κ3) is 3.33. The molecule has 1 aromatic carbocycles. The summed E-state index contributed by atoms with van der Waals surface area (Å²) in [5, 5.41) is 0. The van der Waals surface area contributed by atoms with Gasteiger partial charge in [-0.3, -0.25) is 0 Å². The molecule has 2 aromatic rings. The highest BCUT2D eigenvalue weighted by Gasteiger charge is 2.08. The summed E-state index contributed by atoms with van der Waals surface area (Å²) in [5.74, 6) is 1.71. The van der Waals surface area contributed by atoms with Gasteiger partial charge in [-0.2, -0.15) is 0 Å². The van der Waals surface area contributed by atoms with Crippen molar-refractivity contribution in [3.05, 3.63) is 52.6 Å². The Morgan fingerprint density at radius 3 is 2.15 bits per heavy atom. The number of rotatable bonds is 5. The van der Waals surface area contributed by atoms with Crippen LogP contribution < -0.4 is 10.5 Å². The molecule has 1 aromatic heterocycles. The molecule has 2 N–H and O–H groups in total. The average Bonchev–Trinajstić information content (AvgIpc) is 2.44. The molecule has 0 saturated carbocycles. The second kappa shape index (κ2) is 6.48. The zero-order valence-electron chi connectivity index (χ0n) is 12.3. The minimum Gasteiger partial charge on any atom is -0.497 e. The van der Waals surface area contributed by atoms with E-state index in [2.05, 4.69) is 9.97 Å². The molecule has 0 aliphatic heterocycles. The van der Waals surface area contributed by atoms with Gasteiger partial charge in [-0.1, -0.05) is 12.1 Å². The van der Waals surface area contributed by atoms with E-state index in [0.717, 1.165) is 35.8 Å². The van der Waals surface area contributed by atoms with Gasteiger partial charge in [0.1, 0.15) is 11.6 Å². The first-order valence-corrected chi connectivity index (χ1v) is 6.80. The first-order chi connectivity index (χ1) is 9.63. The van der Waals surface area contributed by atoms with E-state index < -0.39 is 0 Å². The van der Waals surface area contributed by atoms with Crippen LogP contribution in [0, 0.1) is 13.8 Å². The fraction of sp³-hybridized carbons (Fsp3) is 0.375. The van der Waals surface area contributed by atoms with Crippen LogP contribution in [0.3, 0.4) is 0 Å². The number of aryl methyl sites for hydroxylation is 2. The highest BCUT2D eigenvalue weighted by Crippen LogP contribution is 2.15. The Morgan fingerprint density at radius 1 is 1.05 bits per heavy atom. The molecule has 0 aliphatic rings. The summed E-state index contributed by atoms with van der Waals surface area (Å²) in [6, 6.07) is 8.00. The molecular formula is C16H21N3O. The third-order valence-corrected chi connectivity index (χ3v) is 3.38. The van der Waals surface area contributed by atoms with Crippen LogP contribution >= 0.6 is 0 Å². The van der Waals surface area contributed by atoms with E-state index in [1.807, 2.05) is 38.1 Å². The lowest BCUT2D eigenvalue weighted by Crippen LogP contribution is -2.10. The van der Waals surface area contributed by atoms with E-state index in [0.29, 0.717) is 6.54 Å². The van der Waals surface area contributed by atoms with Crippen molar-refractivity contribution in [2.45, 2.75) is 26.7 Å². The minimum absolute atomic E-state index is 0.628. The predicted octanol–water partition coefficient (Wildman–Crippen LogP) is 2.19. The summed E-state index contributed by atoms with van der Waals surface area (Å²) < 4.78 is 5.16. The van der Waals surface area contributed by atoms with Gasteiger partial charge in [-0.05, 0) is 50.1 Å². The number of methoxy groups -OCH3 is 1. The zero-order chi connectivity index (χ0) is 14.5. The van der Waals surface area contributed by atoms with Crippen LogP contribution in [0.1, 0.15) is 28.3 Å². The SMILES string of the molecule is COc1ccc(Cc2nc(C)c(CCN)c(C)n2)cc1. The van der Waals surface area contributed by atoms with Crippen LogP contribution in [-0.4, -0.2) is 23.6 Å². The number of benzene rings is 1. The van der Waals surface area contributed by atoms with Gasteiger partial charge >= 0.3 is 0 Å². The van der Waals surface area contributed by atoms with Crippen molar-refractivity contribution in [1.29, 1.82) is 0 Å². The normalized spacial score (nSPS) is 10.6. The Morgan fingerprint density at radius 2 is 1.65 bits per heavy atom. The van der Waals surface area contributed by atoms with Crippen molar-refractivity contribution in [3.8, 4) is 5.75 Å². The zero-order valence-corrected chi connectivity index (χ0v) is 12.3. The Balaban J connectivity index is 2.20. The summed E-state index contributed by atoms with van der Waals surface area (Å²) in [5.41, 5.74) is 10.0. The lowest BCUT2D eigenvalue weighted by Gasteiger charge is -2.10. The maximum atomic E-state index is 5.62. The van der Waals surface area contributed by atoms with Gasteiger partial charge < -0.3 is 10.5 Å². The molecule has 20 heavy (non-hydrogen) atoms. The highest BCUT2D eigenvalue weighted by atomic mass is 16.5. The van der Waals surface area contributed by atoms with Gasteiger partial charge in [0.2, 0.25) is 0 Å². The molecular weight excluding hydrogens is 250 g/mol. The molecule has 0 saturated heterocycles. The summed E-state index contributed by atoms with van der Waals surface area (Å²) in [6.07, 6.45) is 1.56. The van der Waals surface area contributed by atoms with Crippen molar-refractivity contribution in [2.75, 3.05) is 13.7 Å². The Kier molecular flexibility index (Phi) is 4.69. The first-order valence-electron chi connectivity index (χ1n) is 6.80. The number of nitrogens with zero attached hydrogens (tertiary/aromatic N) is 2. The van der Waals surface area contributed by atoms with E-state index in [4.69, 9.17) is 10.5 Å². The molecule has 0 bridgehead atoms. The average molecular weight is 271 g/mol. The summed E-state index contributed by atoms with van der Waals surface area (Å²) >= 11 is 0. The maximum Gasteiger partial charge on any atom is 0.133 e. The van der Waals surface area contributed by atoms with Crippen LogP contribution in [0.5, 0.6) is 5.75 Å². The lowest BCUT2D eigenvalue weighted by molar-refractivity contribution is 0.414. The molecule has 106 valence electrons. The van der Waals surface area contributed by atoms with Gasteiger partial charge in [0.25, 0.3) is 0 Å². The lowest BCUT2D eigenvalue weighted by atomic mass is 10.1. The van der Waals surface area contributed by atoms with Crippen molar-refractivity contribution < 1.29 is 4.74 Å². The van der Waals surface area contributed by atoms with E-state index in [1.165, 1.54) is 11.1 Å². The van der Waals surface area contributed by atoms with Gasteiger partial charge in [0, 0.05) is 17.8 Å². The fourth-order valence-corrected chi connectivity index (χ4v) is 2.32. The summed E-state index contributed by atoms with van der Waals surface area (Å²) in [7, 11) is 1.67. The number of hydrogen-bond acceptors (Lipinski definition) is 4. The fourth-order valence-electron chi connectivity index (χ4n) is 2.32. The Bertz CT molecular complexity index is 556. The third-order valence-electron chi connectivity index (χ3n) is 3.38. The molecule has 4 heteroatoms. The molecule has 0 aliphatic carbocycles. The molecule has 4 nitrogen and oxygen atoms in total. The molecule has 0 amide bonds. The van der Waals surface area contributed by atoms with Gasteiger partial charge in [-0.15, -0.1) is 0 Å². The van der Waals surface area contributed by atoms with E-state index >= 15 is 0 Å². The largest absolute Gasteiger partial charge is 0.497 e. The number of ether oxygens (including phenoxy) is 1. The first kappa shape index (κ1) is 14.5. The van der Waals surface area contributed by atoms with E-state index in [9.17, 15) is 0 Å². The van der Waals surface area contributed by atoms with Crippen molar-refractivity contribution >= 4 is 0 Å². The Hall–Kier alpha value is -1.94. The molecule has 2 rings (SSSR count). The molecule has 0 unspecified atom stereocenters. The van der Waals surface area contributed by atoms with Crippen molar-refractivity contribution in [2.24, 2.45) is 5.73 Å².